The highest BCUT2D eigenvalue weighted by atomic mass is 16.2. The largest absolute Gasteiger partial charge is 0.398 e. The molecule has 1 aromatic rings. The van der Waals surface area contributed by atoms with Crippen molar-refractivity contribution in [2.24, 2.45) is 5.92 Å². The molecule has 1 aromatic carbocycles. The van der Waals surface area contributed by atoms with Crippen LogP contribution >= 0.6 is 0 Å². The van der Waals surface area contributed by atoms with Crippen molar-refractivity contribution in [2.45, 2.75) is 32.6 Å². The number of aryl methyl sites for hydroxylation is 1. The average molecular weight is 230 g/mol. The van der Waals surface area contributed by atoms with Gasteiger partial charge >= 0.3 is 0 Å². The van der Waals surface area contributed by atoms with Gasteiger partial charge in [-0.1, -0.05) is 12.5 Å². The van der Waals surface area contributed by atoms with Gasteiger partial charge in [-0.05, 0) is 43.4 Å². The normalized spacial score (nSPS) is 19.0. The number of amides is 1. The van der Waals surface area contributed by atoms with Crippen LogP contribution in [0.25, 0.3) is 0 Å². The Morgan fingerprint density at radius 3 is 2.82 bits per heavy atom. The maximum Gasteiger partial charge on any atom is 0.230 e. The summed E-state index contributed by atoms with van der Waals surface area (Å²) in [5.74, 6) is 0.571. The lowest BCUT2D eigenvalue weighted by molar-refractivity contribution is -0.124. The van der Waals surface area contributed by atoms with E-state index in [0.717, 1.165) is 42.7 Å². The number of nitrogen functional groups attached to an aromatic ring is 1. The molecule has 0 unspecified atom stereocenters. The summed E-state index contributed by atoms with van der Waals surface area (Å²) in [4.78, 5) is 14.2. The third-order valence-electron chi connectivity index (χ3n) is 4.08. The fourth-order valence-corrected chi connectivity index (χ4v) is 2.68. The molecule has 1 fully saturated rings. The number of hydrogen-bond donors (Lipinski definition) is 1. The Hall–Kier alpha value is -1.51. The number of hydrogen-bond acceptors (Lipinski definition) is 2. The second kappa shape index (κ2) is 3.76. The van der Waals surface area contributed by atoms with E-state index in [-0.39, 0.29) is 5.92 Å². The summed E-state index contributed by atoms with van der Waals surface area (Å²) in [6.07, 6.45) is 4.29. The van der Waals surface area contributed by atoms with E-state index in [4.69, 9.17) is 5.73 Å². The fraction of sp³-hybridized carbons (Fsp3) is 0.500. The summed E-state index contributed by atoms with van der Waals surface area (Å²) in [5, 5.41) is 0. The molecule has 0 atom stereocenters. The van der Waals surface area contributed by atoms with Gasteiger partial charge in [0.05, 0.1) is 0 Å². The first kappa shape index (κ1) is 10.6. The Labute approximate surface area is 102 Å². The van der Waals surface area contributed by atoms with Crippen LogP contribution in [-0.4, -0.2) is 12.5 Å². The molecule has 0 aromatic heterocycles. The zero-order valence-electron chi connectivity index (χ0n) is 10.2. The van der Waals surface area contributed by atoms with Crippen LogP contribution in [-0.2, 0) is 11.2 Å². The summed E-state index contributed by atoms with van der Waals surface area (Å²) >= 11 is 0. The second-order valence-electron chi connectivity index (χ2n) is 5.21. The molecule has 0 spiro atoms. The van der Waals surface area contributed by atoms with Gasteiger partial charge in [0.2, 0.25) is 5.91 Å². The molecular weight excluding hydrogens is 212 g/mol. The van der Waals surface area contributed by atoms with Gasteiger partial charge in [-0.2, -0.15) is 0 Å². The van der Waals surface area contributed by atoms with Gasteiger partial charge in [0.15, 0.2) is 0 Å². The van der Waals surface area contributed by atoms with E-state index in [2.05, 4.69) is 6.07 Å². The third-order valence-corrected chi connectivity index (χ3v) is 4.08. The number of benzene rings is 1. The van der Waals surface area contributed by atoms with Gasteiger partial charge in [-0.25, -0.2) is 0 Å². The molecule has 17 heavy (non-hydrogen) atoms. The molecule has 2 N–H and O–H groups in total. The van der Waals surface area contributed by atoms with E-state index in [9.17, 15) is 4.79 Å². The quantitative estimate of drug-likeness (QED) is 0.752. The van der Waals surface area contributed by atoms with Crippen LogP contribution in [0.1, 0.15) is 30.4 Å². The molecule has 90 valence electrons. The van der Waals surface area contributed by atoms with Gasteiger partial charge in [0.25, 0.3) is 0 Å². The zero-order chi connectivity index (χ0) is 12.0. The van der Waals surface area contributed by atoms with Crippen molar-refractivity contribution in [1.82, 2.24) is 0 Å². The molecule has 3 nitrogen and oxygen atoms in total. The standard InChI is InChI=1S/C14H18N2O/c1-9-7-11-5-6-16(13(11)8-12(9)15)14(17)10-3-2-4-10/h7-8,10H,2-6,15H2,1H3. The van der Waals surface area contributed by atoms with Gasteiger partial charge in [-0.15, -0.1) is 0 Å². The predicted molar refractivity (Wildman–Crippen MR) is 69.0 cm³/mol. The highest BCUT2D eigenvalue weighted by Crippen LogP contribution is 2.36. The van der Waals surface area contributed by atoms with Crippen molar-refractivity contribution in [3.63, 3.8) is 0 Å². The summed E-state index contributed by atoms with van der Waals surface area (Å²) < 4.78 is 0. The molecule has 3 heteroatoms. The van der Waals surface area contributed by atoms with E-state index in [1.165, 1.54) is 12.0 Å². The molecule has 3 rings (SSSR count). The Bertz CT molecular complexity index is 477. The Morgan fingerprint density at radius 2 is 2.18 bits per heavy atom. The van der Waals surface area contributed by atoms with Crippen LogP contribution < -0.4 is 10.6 Å². The lowest BCUT2D eigenvalue weighted by atomic mass is 9.84. The summed E-state index contributed by atoms with van der Waals surface area (Å²) in [5.41, 5.74) is 10.2. The Morgan fingerprint density at radius 1 is 1.41 bits per heavy atom. The number of fused-ring (bicyclic) bond motifs is 1. The van der Waals surface area contributed by atoms with E-state index in [1.807, 2.05) is 17.9 Å². The number of carbonyl (C=O) groups is 1. The van der Waals surface area contributed by atoms with Gasteiger partial charge < -0.3 is 10.6 Å². The number of nitrogens with two attached hydrogens (primary N) is 1. The molecule has 0 bridgehead atoms. The van der Waals surface area contributed by atoms with Crippen molar-refractivity contribution in [3.05, 3.63) is 23.3 Å². The molecule has 1 saturated carbocycles. The molecule has 1 aliphatic carbocycles. The molecule has 2 aliphatic rings. The van der Waals surface area contributed by atoms with Gasteiger partial charge in [-0.3, -0.25) is 4.79 Å². The van der Waals surface area contributed by atoms with Crippen molar-refractivity contribution in [2.75, 3.05) is 17.2 Å². The number of nitrogens with zero attached hydrogens (tertiary/aromatic N) is 1. The van der Waals surface area contributed by atoms with Crippen LogP contribution in [0.4, 0.5) is 11.4 Å². The van der Waals surface area contributed by atoms with Crippen LogP contribution in [0.2, 0.25) is 0 Å². The van der Waals surface area contributed by atoms with Crippen molar-refractivity contribution >= 4 is 17.3 Å². The zero-order valence-corrected chi connectivity index (χ0v) is 10.2. The molecule has 1 aliphatic heterocycles. The topological polar surface area (TPSA) is 46.3 Å². The second-order valence-corrected chi connectivity index (χ2v) is 5.21. The molecule has 0 radical (unpaired) electrons. The van der Waals surface area contributed by atoms with Crippen LogP contribution in [0.15, 0.2) is 12.1 Å². The smallest absolute Gasteiger partial charge is 0.230 e. The van der Waals surface area contributed by atoms with Crippen molar-refractivity contribution in [3.8, 4) is 0 Å². The van der Waals surface area contributed by atoms with Crippen LogP contribution in [0.3, 0.4) is 0 Å². The first-order valence-electron chi connectivity index (χ1n) is 6.37. The number of rotatable bonds is 1. The molecule has 0 saturated heterocycles. The molecule has 1 heterocycles. The summed E-state index contributed by atoms with van der Waals surface area (Å²) in [6, 6.07) is 4.09. The lowest BCUT2D eigenvalue weighted by Gasteiger charge is -2.29. The first-order chi connectivity index (χ1) is 8.16. The molecule has 1 amide bonds. The average Bonchev–Trinajstić information content (AvgIpc) is 2.59. The Kier molecular flexibility index (Phi) is 2.35. The van der Waals surface area contributed by atoms with E-state index in [0.29, 0.717) is 5.91 Å². The monoisotopic (exact) mass is 230 g/mol. The third kappa shape index (κ3) is 1.61. The predicted octanol–water partition coefficient (Wildman–Crippen LogP) is 2.27. The van der Waals surface area contributed by atoms with E-state index >= 15 is 0 Å². The maximum atomic E-state index is 12.3. The van der Waals surface area contributed by atoms with E-state index < -0.39 is 0 Å². The first-order valence-corrected chi connectivity index (χ1v) is 6.37. The fourth-order valence-electron chi connectivity index (χ4n) is 2.68. The number of anilines is 2. The van der Waals surface area contributed by atoms with E-state index in [1.54, 1.807) is 0 Å². The van der Waals surface area contributed by atoms with Crippen LogP contribution in [0, 0.1) is 12.8 Å². The minimum absolute atomic E-state index is 0.267. The summed E-state index contributed by atoms with van der Waals surface area (Å²) in [6.45, 7) is 2.85. The summed E-state index contributed by atoms with van der Waals surface area (Å²) in [7, 11) is 0. The molecular formula is C14H18N2O. The van der Waals surface area contributed by atoms with Crippen LogP contribution in [0.5, 0.6) is 0 Å². The van der Waals surface area contributed by atoms with Crippen molar-refractivity contribution in [1.29, 1.82) is 0 Å². The SMILES string of the molecule is Cc1cc2c(cc1N)N(C(=O)C1CCC1)CC2. The minimum Gasteiger partial charge on any atom is -0.398 e. The highest BCUT2D eigenvalue weighted by molar-refractivity contribution is 5.98. The van der Waals surface area contributed by atoms with Gasteiger partial charge in [0.1, 0.15) is 0 Å². The lowest BCUT2D eigenvalue weighted by Crippen LogP contribution is -2.37. The maximum absolute atomic E-state index is 12.3. The highest BCUT2D eigenvalue weighted by Gasteiger charge is 2.33. The minimum atomic E-state index is 0.267. The van der Waals surface area contributed by atoms with Crippen molar-refractivity contribution < 1.29 is 4.79 Å². The Balaban J connectivity index is 1.92. The number of carbonyl (C=O) groups excluding carboxylic acids is 1. The van der Waals surface area contributed by atoms with Gasteiger partial charge in [0, 0.05) is 23.8 Å².